The van der Waals surface area contributed by atoms with E-state index in [-0.39, 0.29) is 12.0 Å². The van der Waals surface area contributed by atoms with Crippen LogP contribution in [0, 0.1) is 0 Å². The fourth-order valence-corrected chi connectivity index (χ4v) is 2.09. The molecule has 1 fully saturated rings. The molecule has 2 atom stereocenters. The van der Waals surface area contributed by atoms with Crippen LogP contribution in [-0.2, 0) is 7.05 Å². The first kappa shape index (κ1) is 8.75. The first-order chi connectivity index (χ1) is 6.27. The lowest BCUT2D eigenvalue weighted by Gasteiger charge is -2.25. The molecule has 1 saturated carbocycles. The Hall–Kier alpha value is -0.830. The van der Waals surface area contributed by atoms with Gasteiger partial charge in [-0.05, 0) is 18.9 Å². The molecule has 1 aliphatic carbocycles. The lowest BCUT2D eigenvalue weighted by Crippen LogP contribution is -2.22. The molecule has 13 heavy (non-hydrogen) atoms. The van der Waals surface area contributed by atoms with Gasteiger partial charge in [-0.2, -0.15) is 5.10 Å². The van der Waals surface area contributed by atoms with Crippen molar-refractivity contribution in [3.8, 4) is 0 Å². The maximum Gasteiger partial charge on any atom is 0.0681 e. The smallest absolute Gasteiger partial charge is 0.0681 e. The molecule has 1 aromatic heterocycles. The van der Waals surface area contributed by atoms with Gasteiger partial charge < -0.3 is 5.11 Å². The average Bonchev–Trinajstić information content (AvgIpc) is 2.53. The first-order valence-corrected chi connectivity index (χ1v) is 4.95. The molecule has 1 N–H and O–H groups in total. The molecule has 0 amide bonds. The summed E-state index contributed by atoms with van der Waals surface area (Å²) in [6.07, 6.45) is 6.16. The third kappa shape index (κ3) is 1.75. The third-order valence-corrected chi connectivity index (χ3v) is 2.84. The van der Waals surface area contributed by atoms with E-state index in [2.05, 4.69) is 5.10 Å². The molecule has 72 valence electrons. The van der Waals surface area contributed by atoms with Gasteiger partial charge in [-0.3, -0.25) is 4.68 Å². The maximum absolute atomic E-state index is 9.78. The lowest BCUT2D eigenvalue weighted by atomic mass is 9.84. The Morgan fingerprint density at radius 2 is 2.23 bits per heavy atom. The molecule has 0 unspecified atom stereocenters. The van der Waals surface area contributed by atoms with E-state index >= 15 is 0 Å². The van der Waals surface area contributed by atoms with E-state index in [1.807, 2.05) is 19.3 Å². The minimum absolute atomic E-state index is 0.177. The van der Waals surface area contributed by atoms with Crippen molar-refractivity contribution in [1.29, 1.82) is 0 Å². The Bertz CT molecular complexity index is 282. The van der Waals surface area contributed by atoms with E-state index in [1.165, 1.54) is 6.42 Å². The molecule has 0 radical (unpaired) electrons. The van der Waals surface area contributed by atoms with Crippen LogP contribution in [0.1, 0.15) is 37.3 Å². The van der Waals surface area contributed by atoms with Crippen LogP contribution in [0.4, 0.5) is 0 Å². The molecule has 3 nitrogen and oxygen atoms in total. The van der Waals surface area contributed by atoms with Crippen LogP contribution >= 0.6 is 0 Å². The summed E-state index contributed by atoms with van der Waals surface area (Å²) in [4.78, 5) is 0. The van der Waals surface area contributed by atoms with Crippen LogP contribution in [0.5, 0.6) is 0 Å². The van der Waals surface area contributed by atoms with Crippen molar-refractivity contribution in [3.05, 3.63) is 18.0 Å². The van der Waals surface area contributed by atoms with Crippen molar-refractivity contribution in [1.82, 2.24) is 9.78 Å². The largest absolute Gasteiger partial charge is 0.392 e. The number of aliphatic hydroxyl groups excluding tert-OH is 1. The number of hydrogen-bond donors (Lipinski definition) is 1. The summed E-state index contributed by atoms with van der Waals surface area (Å²) >= 11 is 0. The normalized spacial score (nSPS) is 29.1. The van der Waals surface area contributed by atoms with Gasteiger partial charge in [0.2, 0.25) is 0 Å². The summed E-state index contributed by atoms with van der Waals surface area (Å²) in [5.74, 6) is 0.273. The fourth-order valence-electron chi connectivity index (χ4n) is 2.09. The van der Waals surface area contributed by atoms with Crippen molar-refractivity contribution >= 4 is 0 Å². The molecule has 1 aromatic rings. The molecule has 0 spiro atoms. The molecule has 0 aliphatic heterocycles. The highest BCUT2D eigenvalue weighted by Gasteiger charge is 2.25. The van der Waals surface area contributed by atoms with E-state index in [1.54, 1.807) is 4.68 Å². The van der Waals surface area contributed by atoms with Gasteiger partial charge >= 0.3 is 0 Å². The SMILES string of the molecule is Cn1ccc([C@@H]2CCCC[C@H]2O)n1. The molecular formula is C10H16N2O. The van der Waals surface area contributed by atoms with Gasteiger partial charge in [-0.25, -0.2) is 0 Å². The number of nitrogens with zero attached hydrogens (tertiary/aromatic N) is 2. The minimum Gasteiger partial charge on any atom is -0.392 e. The Balaban J connectivity index is 2.14. The third-order valence-electron chi connectivity index (χ3n) is 2.84. The second-order valence-corrected chi connectivity index (χ2v) is 3.87. The van der Waals surface area contributed by atoms with E-state index in [4.69, 9.17) is 0 Å². The highest BCUT2D eigenvalue weighted by Crippen LogP contribution is 2.31. The second-order valence-electron chi connectivity index (χ2n) is 3.87. The lowest BCUT2D eigenvalue weighted by molar-refractivity contribution is 0.104. The van der Waals surface area contributed by atoms with Gasteiger partial charge in [0.05, 0.1) is 11.8 Å². The Kier molecular flexibility index (Phi) is 2.36. The second kappa shape index (κ2) is 3.50. The van der Waals surface area contributed by atoms with Gasteiger partial charge in [0, 0.05) is 19.2 Å². The van der Waals surface area contributed by atoms with Gasteiger partial charge in [0.15, 0.2) is 0 Å². The summed E-state index contributed by atoms with van der Waals surface area (Å²) in [5, 5.41) is 14.1. The molecule has 2 rings (SSSR count). The summed E-state index contributed by atoms with van der Waals surface area (Å²) in [5.41, 5.74) is 1.05. The van der Waals surface area contributed by atoms with Gasteiger partial charge in [0.1, 0.15) is 0 Å². The van der Waals surface area contributed by atoms with E-state index in [9.17, 15) is 5.11 Å². The number of aliphatic hydroxyl groups is 1. The summed E-state index contributed by atoms with van der Waals surface area (Å²) in [6, 6.07) is 2.01. The first-order valence-electron chi connectivity index (χ1n) is 4.95. The molecule has 0 bridgehead atoms. The zero-order valence-electron chi connectivity index (χ0n) is 7.98. The van der Waals surface area contributed by atoms with Crippen molar-refractivity contribution in [3.63, 3.8) is 0 Å². The Morgan fingerprint density at radius 3 is 2.85 bits per heavy atom. The zero-order valence-corrected chi connectivity index (χ0v) is 7.98. The summed E-state index contributed by atoms with van der Waals surface area (Å²) in [7, 11) is 1.92. The van der Waals surface area contributed by atoms with E-state index in [0.717, 1.165) is 25.0 Å². The molecule has 1 heterocycles. The van der Waals surface area contributed by atoms with E-state index in [0.29, 0.717) is 0 Å². The Morgan fingerprint density at radius 1 is 1.46 bits per heavy atom. The monoisotopic (exact) mass is 180 g/mol. The summed E-state index contributed by atoms with van der Waals surface area (Å²) < 4.78 is 1.80. The van der Waals surface area contributed by atoms with Crippen LogP contribution in [-0.4, -0.2) is 21.0 Å². The number of aromatic nitrogens is 2. The zero-order chi connectivity index (χ0) is 9.26. The van der Waals surface area contributed by atoms with Crippen molar-refractivity contribution in [2.24, 2.45) is 7.05 Å². The van der Waals surface area contributed by atoms with Gasteiger partial charge in [0.25, 0.3) is 0 Å². The van der Waals surface area contributed by atoms with E-state index < -0.39 is 0 Å². The molecule has 0 saturated heterocycles. The van der Waals surface area contributed by atoms with Crippen molar-refractivity contribution in [2.75, 3.05) is 0 Å². The highest BCUT2D eigenvalue weighted by atomic mass is 16.3. The molecular weight excluding hydrogens is 164 g/mol. The molecule has 1 aliphatic rings. The number of hydrogen-bond acceptors (Lipinski definition) is 2. The predicted molar refractivity (Wildman–Crippen MR) is 50.4 cm³/mol. The molecule has 3 heteroatoms. The number of aryl methyl sites for hydroxylation is 1. The highest BCUT2D eigenvalue weighted by molar-refractivity contribution is 5.09. The maximum atomic E-state index is 9.78. The Labute approximate surface area is 78.4 Å². The van der Waals surface area contributed by atoms with Crippen molar-refractivity contribution < 1.29 is 5.11 Å². The average molecular weight is 180 g/mol. The van der Waals surface area contributed by atoms with Crippen LogP contribution < -0.4 is 0 Å². The van der Waals surface area contributed by atoms with Crippen LogP contribution in [0.15, 0.2) is 12.3 Å². The minimum atomic E-state index is -0.177. The quantitative estimate of drug-likeness (QED) is 0.710. The predicted octanol–water partition coefficient (Wildman–Crippen LogP) is 1.44. The fraction of sp³-hybridized carbons (Fsp3) is 0.700. The number of rotatable bonds is 1. The van der Waals surface area contributed by atoms with Crippen LogP contribution in [0.25, 0.3) is 0 Å². The van der Waals surface area contributed by atoms with Crippen molar-refractivity contribution in [2.45, 2.75) is 37.7 Å². The van der Waals surface area contributed by atoms with Gasteiger partial charge in [-0.15, -0.1) is 0 Å². The van der Waals surface area contributed by atoms with Crippen LogP contribution in [0.2, 0.25) is 0 Å². The standard InChI is InChI=1S/C10H16N2O/c1-12-7-6-9(11-12)8-4-2-3-5-10(8)13/h6-8,10,13H,2-5H2,1H3/t8-,10+/m0/s1. The topological polar surface area (TPSA) is 38.0 Å². The molecule has 0 aromatic carbocycles. The van der Waals surface area contributed by atoms with Crippen LogP contribution in [0.3, 0.4) is 0 Å². The summed E-state index contributed by atoms with van der Waals surface area (Å²) in [6.45, 7) is 0. The van der Waals surface area contributed by atoms with Gasteiger partial charge in [-0.1, -0.05) is 12.8 Å².